The van der Waals surface area contributed by atoms with Crippen molar-refractivity contribution in [2.24, 2.45) is 0 Å². The monoisotopic (exact) mass is 232 g/mol. The third kappa shape index (κ3) is 1.63. The number of aryl methyl sites for hydroxylation is 1. The van der Waals surface area contributed by atoms with Crippen LogP contribution in [0.3, 0.4) is 0 Å². The van der Waals surface area contributed by atoms with Crippen LogP contribution in [-0.2, 0) is 16.6 Å². The molecule has 2 aliphatic rings. The average molecular weight is 232 g/mol. The van der Waals surface area contributed by atoms with Gasteiger partial charge in [-0.2, -0.15) is 0 Å². The topological polar surface area (TPSA) is 63.1 Å². The van der Waals surface area contributed by atoms with Gasteiger partial charge in [0.15, 0.2) is 0 Å². The van der Waals surface area contributed by atoms with E-state index in [4.69, 9.17) is 0 Å². The van der Waals surface area contributed by atoms with Crippen molar-refractivity contribution in [3.63, 3.8) is 0 Å². The molecule has 1 unspecified atom stereocenters. The molecule has 0 aliphatic heterocycles. The molecule has 1 heterocycles. The standard InChI is InChI=1S/C13H16N2O2/c1-13(12(16)17)6-2-3-9-7-14-11(8-4-5-8)15-10(9)13/h7-8H,2-6H2,1H3,(H,16,17). The first-order valence-electron chi connectivity index (χ1n) is 6.21. The van der Waals surface area contributed by atoms with Crippen LogP contribution in [0.5, 0.6) is 0 Å². The van der Waals surface area contributed by atoms with Crippen LogP contribution in [0, 0.1) is 0 Å². The van der Waals surface area contributed by atoms with Gasteiger partial charge in [0.25, 0.3) is 0 Å². The van der Waals surface area contributed by atoms with Crippen LogP contribution in [0.15, 0.2) is 6.20 Å². The molecule has 4 nitrogen and oxygen atoms in total. The number of fused-ring (bicyclic) bond motifs is 1. The normalized spacial score (nSPS) is 27.6. The molecule has 4 heteroatoms. The van der Waals surface area contributed by atoms with Gasteiger partial charge >= 0.3 is 5.97 Å². The third-order valence-electron chi connectivity index (χ3n) is 3.94. The van der Waals surface area contributed by atoms with E-state index in [1.807, 2.05) is 6.20 Å². The van der Waals surface area contributed by atoms with Crippen LogP contribution in [0.4, 0.5) is 0 Å². The molecule has 0 spiro atoms. The smallest absolute Gasteiger partial charge is 0.315 e. The summed E-state index contributed by atoms with van der Waals surface area (Å²) < 4.78 is 0. The molecule has 0 bridgehead atoms. The first kappa shape index (κ1) is 10.7. The van der Waals surface area contributed by atoms with E-state index < -0.39 is 11.4 Å². The fourth-order valence-electron chi connectivity index (χ4n) is 2.58. The molecule has 1 N–H and O–H groups in total. The molecule has 3 rings (SSSR count). The highest BCUT2D eigenvalue weighted by molar-refractivity contribution is 5.81. The van der Waals surface area contributed by atoms with Gasteiger partial charge in [0.1, 0.15) is 11.2 Å². The van der Waals surface area contributed by atoms with Crippen LogP contribution in [-0.4, -0.2) is 21.0 Å². The second-order valence-electron chi connectivity index (χ2n) is 5.37. The van der Waals surface area contributed by atoms with Gasteiger partial charge in [-0.1, -0.05) is 0 Å². The molecular formula is C13H16N2O2. The van der Waals surface area contributed by atoms with Gasteiger partial charge in [-0.05, 0) is 44.6 Å². The van der Waals surface area contributed by atoms with E-state index in [0.717, 1.165) is 42.8 Å². The Morgan fingerprint density at radius 1 is 1.53 bits per heavy atom. The first-order valence-corrected chi connectivity index (χ1v) is 6.21. The molecule has 1 aromatic rings. The summed E-state index contributed by atoms with van der Waals surface area (Å²) in [7, 11) is 0. The van der Waals surface area contributed by atoms with Gasteiger partial charge in [-0.3, -0.25) is 4.79 Å². The summed E-state index contributed by atoms with van der Waals surface area (Å²) in [6.45, 7) is 1.79. The predicted octanol–water partition coefficient (Wildman–Crippen LogP) is 2.03. The zero-order valence-corrected chi connectivity index (χ0v) is 9.94. The number of hydrogen-bond acceptors (Lipinski definition) is 3. The summed E-state index contributed by atoms with van der Waals surface area (Å²) in [4.78, 5) is 20.4. The highest BCUT2D eigenvalue weighted by Crippen LogP contribution is 2.41. The van der Waals surface area contributed by atoms with Crippen molar-refractivity contribution in [1.82, 2.24) is 9.97 Å². The number of rotatable bonds is 2. The summed E-state index contributed by atoms with van der Waals surface area (Å²) >= 11 is 0. The summed E-state index contributed by atoms with van der Waals surface area (Å²) in [5.41, 5.74) is 0.957. The van der Waals surface area contributed by atoms with Crippen LogP contribution in [0.25, 0.3) is 0 Å². The Bertz CT molecular complexity index is 482. The molecule has 90 valence electrons. The summed E-state index contributed by atoms with van der Waals surface area (Å²) in [5, 5.41) is 9.43. The average Bonchev–Trinajstić information content (AvgIpc) is 3.13. The van der Waals surface area contributed by atoms with Crippen molar-refractivity contribution in [3.05, 3.63) is 23.3 Å². The minimum absolute atomic E-state index is 0.472. The van der Waals surface area contributed by atoms with E-state index in [-0.39, 0.29) is 0 Å². The van der Waals surface area contributed by atoms with E-state index in [1.165, 1.54) is 0 Å². The number of aliphatic carboxylic acids is 1. The zero-order chi connectivity index (χ0) is 12.0. The predicted molar refractivity (Wildman–Crippen MR) is 61.9 cm³/mol. The molecule has 1 aromatic heterocycles. The Labute approximate surface area is 100 Å². The quantitative estimate of drug-likeness (QED) is 0.847. The second-order valence-corrected chi connectivity index (χ2v) is 5.37. The van der Waals surface area contributed by atoms with Gasteiger partial charge < -0.3 is 5.11 Å². The Balaban J connectivity index is 2.10. The minimum atomic E-state index is -0.819. The zero-order valence-electron chi connectivity index (χ0n) is 9.94. The van der Waals surface area contributed by atoms with Crippen molar-refractivity contribution < 1.29 is 9.90 Å². The Hall–Kier alpha value is -1.45. The lowest BCUT2D eigenvalue weighted by Crippen LogP contribution is -2.37. The molecule has 0 amide bonds. The summed E-state index contributed by atoms with van der Waals surface area (Å²) in [6, 6.07) is 0. The van der Waals surface area contributed by atoms with Crippen LogP contribution < -0.4 is 0 Å². The van der Waals surface area contributed by atoms with E-state index in [2.05, 4.69) is 9.97 Å². The molecule has 0 radical (unpaired) electrons. The maximum Gasteiger partial charge on any atom is 0.315 e. The molecule has 0 aromatic carbocycles. The van der Waals surface area contributed by atoms with Crippen LogP contribution in [0.2, 0.25) is 0 Å². The molecular weight excluding hydrogens is 216 g/mol. The third-order valence-corrected chi connectivity index (χ3v) is 3.94. The minimum Gasteiger partial charge on any atom is -0.481 e. The van der Waals surface area contributed by atoms with Gasteiger partial charge in [0.2, 0.25) is 0 Å². The largest absolute Gasteiger partial charge is 0.481 e. The maximum absolute atomic E-state index is 11.5. The lowest BCUT2D eigenvalue weighted by atomic mass is 9.75. The van der Waals surface area contributed by atoms with E-state index in [0.29, 0.717) is 12.3 Å². The van der Waals surface area contributed by atoms with Crippen molar-refractivity contribution in [2.45, 2.75) is 50.4 Å². The summed E-state index contributed by atoms with van der Waals surface area (Å²) in [6.07, 6.45) is 6.61. The summed E-state index contributed by atoms with van der Waals surface area (Å²) in [5.74, 6) is 0.553. The molecule has 2 aliphatic carbocycles. The number of carbonyl (C=O) groups is 1. The Morgan fingerprint density at radius 2 is 2.29 bits per heavy atom. The van der Waals surface area contributed by atoms with E-state index in [1.54, 1.807) is 6.92 Å². The number of nitrogens with zero attached hydrogens (tertiary/aromatic N) is 2. The first-order chi connectivity index (χ1) is 8.11. The Kier molecular flexibility index (Phi) is 2.21. The number of hydrogen-bond donors (Lipinski definition) is 1. The lowest BCUT2D eigenvalue weighted by Gasteiger charge is -2.30. The van der Waals surface area contributed by atoms with E-state index >= 15 is 0 Å². The van der Waals surface area contributed by atoms with Gasteiger partial charge in [0.05, 0.1) is 5.69 Å². The molecule has 0 saturated heterocycles. The van der Waals surface area contributed by atoms with Gasteiger partial charge in [0, 0.05) is 12.1 Å². The fourth-order valence-corrected chi connectivity index (χ4v) is 2.58. The number of carboxylic acids is 1. The van der Waals surface area contributed by atoms with Crippen molar-refractivity contribution in [1.29, 1.82) is 0 Å². The van der Waals surface area contributed by atoms with Crippen molar-refractivity contribution in [2.75, 3.05) is 0 Å². The lowest BCUT2D eigenvalue weighted by molar-refractivity contribution is -0.143. The highest BCUT2D eigenvalue weighted by atomic mass is 16.4. The highest BCUT2D eigenvalue weighted by Gasteiger charge is 2.41. The van der Waals surface area contributed by atoms with E-state index in [9.17, 15) is 9.90 Å². The number of carboxylic acid groups (broad SMARTS) is 1. The van der Waals surface area contributed by atoms with Gasteiger partial charge in [-0.15, -0.1) is 0 Å². The van der Waals surface area contributed by atoms with Crippen LogP contribution in [0.1, 0.15) is 55.6 Å². The second kappa shape index (κ2) is 3.52. The number of aromatic nitrogens is 2. The van der Waals surface area contributed by atoms with Crippen molar-refractivity contribution >= 4 is 5.97 Å². The van der Waals surface area contributed by atoms with Gasteiger partial charge in [-0.25, -0.2) is 9.97 Å². The molecule has 1 atom stereocenters. The fraction of sp³-hybridized carbons (Fsp3) is 0.615. The molecule has 17 heavy (non-hydrogen) atoms. The molecule has 1 fully saturated rings. The van der Waals surface area contributed by atoms with Crippen molar-refractivity contribution in [3.8, 4) is 0 Å². The molecule has 1 saturated carbocycles. The SMILES string of the molecule is CC1(C(=O)O)CCCc2cnc(C3CC3)nc21. The maximum atomic E-state index is 11.5. The Morgan fingerprint density at radius 3 is 2.94 bits per heavy atom. The van der Waals surface area contributed by atoms with Crippen LogP contribution >= 0.6 is 0 Å².